The van der Waals surface area contributed by atoms with Gasteiger partial charge in [-0.25, -0.2) is 14.4 Å². The van der Waals surface area contributed by atoms with Crippen molar-refractivity contribution in [3.63, 3.8) is 0 Å². The first-order chi connectivity index (χ1) is 18.5. The van der Waals surface area contributed by atoms with Gasteiger partial charge in [0.15, 0.2) is 0 Å². The van der Waals surface area contributed by atoms with Gasteiger partial charge in [0.2, 0.25) is 0 Å². The van der Waals surface area contributed by atoms with E-state index in [-0.39, 0.29) is 19.8 Å². The van der Waals surface area contributed by atoms with Gasteiger partial charge in [-0.05, 0) is 49.8 Å². The molecule has 7 heteroatoms. The van der Waals surface area contributed by atoms with Gasteiger partial charge in [-0.3, -0.25) is 4.90 Å². The Morgan fingerprint density at radius 1 is 1.05 bits per heavy atom. The molecule has 198 valence electrons. The Bertz CT molecular complexity index is 1410. The van der Waals surface area contributed by atoms with E-state index in [9.17, 15) is 0 Å². The monoisotopic (exact) mass is 530 g/mol. The van der Waals surface area contributed by atoms with Crippen molar-refractivity contribution in [3.05, 3.63) is 89.0 Å². The highest BCUT2D eigenvalue weighted by Crippen LogP contribution is 2.42. The average Bonchev–Trinajstić information content (AvgIpc) is 2.93. The number of aryl methyl sites for hydroxylation is 2. The third kappa shape index (κ3) is 5.67. The number of nitrogens with one attached hydrogen (secondary N) is 1. The number of nitrogens with zero attached hydrogens (tertiary/aromatic N) is 3. The summed E-state index contributed by atoms with van der Waals surface area (Å²) in [5.41, 5.74) is 3.58. The van der Waals surface area contributed by atoms with Crippen LogP contribution in [0.2, 0.25) is 0 Å². The van der Waals surface area contributed by atoms with Gasteiger partial charge in [-0.15, -0.1) is 0 Å². The first kappa shape index (κ1) is 26.5. The van der Waals surface area contributed by atoms with E-state index in [2.05, 4.69) is 46.6 Å². The average molecular weight is 531 g/mol. The van der Waals surface area contributed by atoms with Crippen molar-refractivity contribution in [1.29, 1.82) is 0 Å². The van der Waals surface area contributed by atoms with Crippen LogP contribution in [0.15, 0.2) is 60.7 Å². The van der Waals surface area contributed by atoms with E-state index in [0.717, 1.165) is 60.0 Å². The molecule has 1 saturated heterocycles. The fraction of sp³-hybridized carbons (Fsp3) is 0.355. The molecule has 4 aromatic rings. The van der Waals surface area contributed by atoms with Crippen molar-refractivity contribution in [1.82, 2.24) is 14.9 Å². The molecule has 0 spiro atoms. The lowest BCUT2D eigenvalue weighted by atomic mass is 10.0. The van der Waals surface area contributed by atoms with E-state index in [1.807, 2.05) is 45.0 Å². The van der Waals surface area contributed by atoms with Crippen LogP contribution in [-0.2, 0) is 13.0 Å². The van der Waals surface area contributed by atoms with Crippen LogP contribution in [0.1, 0.15) is 42.4 Å². The maximum atomic E-state index is 15.1. The Labute approximate surface area is 226 Å². The molecule has 5 rings (SSSR count). The van der Waals surface area contributed by atoms with Crippen LogP contribution in [0.5, 0.6) is 5.75 Å². The zero-order valence-corrected chi connectivity index (χ0v) is 23.6. The highest BCUT2D eigenvalue weighted by Gasteiger charge is 2.25. The maximum Gasteiger partial charge on any atom is 0.138 e. The molecule has 1 atom stereocenters. The van der Waals surface area contributed by atoms with Crippen molar-refractivity contribution >= 4 is 29.9 Å². The largest absolute Gasteiger partial charge is 0.496 e. The molecule has 5 nitrogen and oxygen atoms in total. The third-order valence-electron chi connectivity index (χ3n) is 7.38. The van der Waals surface area contributed by atoms with Crippen LogP contribution < -0.4 is 15.4 Å². The summed E-state index contributed by atoms with van der Waals surface area (Å²) in [6.45, 7) is 8.99. The van der Waals surface area contributed by atoms with E-state index in [0.29, 0.717) is 17.8 Å². The lowest BCUT2D eigenvalue weighted by Crippen LogP contribution is -2.35. The molecule has 0 amide bonds. The summed E-state index contributed by atoms with van der Waals surface area (Å²) in [5.74, 6) is 2.17. The number of aromatic nitrogens is 2. The quantitative estimate of drug-likeness (QED) is 0.266. The topological polar surface area (TPSA) is 50.3 Å². The molecule has 3 aromatic carbocycles. The highest BCUT2D eigenvalue weighted by molar-refractivity contribution is 7.66. The Hall–Kier alpha value is -3.08. The normalized spacial score (nSPS) is 15.5. The van der Waals surface area contributed by atoms with Crippen LogP contribution in [0, 0.1) is 12.7 Å². The second kappa shape index (κ2) is 11.8. The van der Waals surface area contributed by atoms with Crippen LogP contribution in [0.4, 0.5) is 10.2 Å². The second-order valence-electron chi connectivity index (χ2n) is 9.95. The predicted molar refractivity (Wildman–Crippen MR) is 157 cm³/mol. The minimum Gasteiger partial charge on any atom is -0.496 e. The van der Waals surface area contributed by atoms with Crippen LogP contribution >= 0.6 is 7.92 Å². The zero-order chi connectivity index (χ0) is 26.6. The molecule has 1 N–H and O–H groups in total. The second-order valence-corrected chi connectivity index (χ2v) is 12.4. The molecule has 1 aliphatic heterocycles. The Balaban J connectivity index is 1.42. The van der Waals surface area contributed by atoms with Crippen LogP contribution in [0.3, 0.4) is 0 Å². The molecular formula is C31H36FN4OP. The van der Waals surface area contributed by atoms with Crippen molar-refractivity contribution in [2.45, 2.75) is 39.8 Å². The minimum atomic E-state index is -0.374. The lowest BCUT2D eigenvalue weighted by molar-refractivity contribution is 0.292. The number of halogens is 1. The van der Waals surface area contributed by atoms with Gasteiger partial charge in [-0.1, -0.05) is 63.4 Å². The molecule has 1 aromatic heterocycles. The zero-order valence-electron chi connectivity index (χ0n) is 22.7. The van der Waals surface area contributed by atoms with E-state index in [1.54, 1.807) is 7.11 Å². The summed E-state index contributed by atoms with van der Waals surface area (Å²) in [4.78, 5) is 12.0. The highest BCUT2D eigenvalue weighted by atomic mass is 31.1. The summed E-state index contributed by atoms with van der Waals surface area (Å²) in [6, 6.07) is 20.3. The molecule has 38 heavy (non-hydrogen) atoms. The number of hydrogen-bond acceptors (Lipinski definition) is 5. The van der Waals surface area contributed by atoms with E-state index in [1.165, 1.54) is 10.9 Å². The van der Waals surface area contributed by atoms with Gasteiger partial charge >= 0.3 is 0 Å². The molecule has 1 fully saturated rings. The molecule has 0 unspecified atom stereocenters. The summed E-state index contributed by atoms with van der Waals surface area (Å²) < 4.78 is 21.0. The van der Waals surface area contributed by atoms with Gasteiger partial charge in [0.05, 0.1) is 18.7 Å². The third-order valence-corrected chi connectivity index (χ3v) is 9.89. The first-order valence-corrected chi connectivity index (χ1v) is 15.1. The van der Waals surface area contributed by atoms with Gasteiger partial charge < -0.3 is 10.1 Å². The predicted octanol–water partition coefficient (Wildman–Crippen LogP) is 6.44. The maximum absolute atomic E-state index is 15.1. The van der Waals surface area contributed by atoms with Crippen LogP contribution in [0.25, 0.3) is 10.9 Å². The number of hydrogen-bond donors (Lipinski definition) is 1. The summed E-state index contributed by atoms with van der Waals surface area (Å²) in [6.07, 6.45) is 2.92. The SMILES string of the molecule is CCc1cccc([C@@H](C)Nc2nc(C)nc3cc(OC)c(P4CCN(Cc5ccccc5)CC4)cc23)c1F. The Morgan fingerprint density at radius 2 is 1.82 bits per heavy atom. The number of anilines is 1. The minimum absolute atomic E-state index is 0.141. The van der Waals surface area contributed by atoms with Crippen molar-refractivity contribution in [2.24, 2.45) is 0 Å². The number of fused-ring (bicyclic) bond motifs is 1. The Morgan fingerprint density at radius 3 is 2.53 bits per heavy atom. The van der Waals surface area contributed by atoms with Crippen molar-refractivity contribution in [2.75, 3.05) is 37.8 Å². The molecule has 0 bridgehead atoms. The van der Waals surface area contributed by atoms with Crippen LogP contribution in [-0.4, -0.2) is 47.4 Å². The molecule has 0 aliphatic carbocycles. The van der Waals surface area contributed by atoms with Gasteiger partial charge in [-0.2, -0.15) is 0 Å². The molecular weight excluding hydrogens is 494 g/mol. The van der Waals surface area contributed by atoms with E-state index >= 15 is 4.39 Å². The number of rotatable bonds is 8. The number of benzene rings is 3. The fourth-order valence-corrected chi connectivity index (χ4v) is 7.79. The van der Waals surface area contributed by atoms with Crippen molar-refractivity contribution in [3.8, 4) is 5.75 Å². The Kier molecular flexibility index (Phi) is 8.21. The molecule has 1 aliphatic rings. The van der Waals surface area contributed by atoms with E-state index in [4.69, 9.17) is 14.7 Å². The summed E-state index contributed by atoms with van der Waals surface area (Å²) in [5, 5.41) is 5.72. The first-order valence-electron chi connectivity index (χ1n) is 13.4. The molecule has 2 heterocycles. The molecule has 0 saturated carbocycles. The van der Waals surface area contributed by atoms with Gasteiger partial charge in [0.25, 0.3) is 0 Å². The lowest BCUT2D eigenvalue weighted by Gasteiger charge is -2.33. The fourth-order valence-electron chi connectivity index (χ4n) is 5.26. The number of methoxy groups -OCH3 is 1. The van der Waals surface area contributed by atoms with Gasteiger partial charge in [0, 0.05) is 42.0 Å². The smallest absolute Gasteiger partial charge is 0.138 e. The molecule has 0 radical (unpaired) electrons. The van der Waals surface area contributed by atoms with Gasteiger partial charge in [0.1, 0.15) is 23.2 Å². The number of ether oxygens (including phenoxy) is 1. The van der Waals surface area contributed by atoms with Crippen molar-refractivity contribution < 1.29 is 9.13 Å². The standard InChI is InChI=1S/C31H36FN4OP/c1-5-24-12-9-13-25(30(24)32)21(2)33-31-26-18-29(28(37-4)19-27(26)34-22(3)35-31)38-16-14-36(15-17-38)20-23-10-7-6-8-11-23/h6-13,18-19,21H,5,14-17,20H2,1-4H3,(H,33,34,35)/t21-/m1/s1. The summed E-state index contributed by atoms with van der Waals surface area (Å²) >= 11 is 0. The summed E-state index contributed by atoms with van der Waals surface area (Å²) in [7, 11) is 1.37. The van der Waals surface area contributed by atoms with E-state index < -0.39 is 0 Å².